The fourth-order valence-electron chi connectivity index (χ4n) is 2.12. The summed E-state index contributed by atoms with van der Waals surface area (Å²) in [5, 5.41) is 0. The van der Waals surface area contributed by atoms with Gasteiger partial charge in [0.2, 0.25) is 10.0 Å². The SMILES string of the molecule is CCN(Cc1ccccc1CN)S(=O)(=O)c1cccnc1. The van der Waals surface area contributed by atoms with Crippen LogP contribution in [0.4, 0.5) is 0 Å². The Labute approximate surface area is 125 Å². The number of aromatic nitrogens is 1. The molecule has 0 saturated heterocycles. The minimum Gasteiger partial charge on any atom is -0.326 e. The van der Waals surface area contributed by atoms with Crippen molar-refractivity contribution in [3.63, 3.8) is 0 Å². The average Bonchev–Trinajstić information content (AvgIpc) is 2.53. The third-order valence-electron chi connectivity index (χ3n) is 3.31. The highest BCUT2D eigenvalue weighted by atomic mass is 32.2. The average molecular weight is 305 g/mol. The summed E-state index contributed by atoms with van der Waals surface area (Å²) in [5.41, 5.74) is 7.59. The third kappa shape index (κ3) is 3.47. The molecule has 2 aromatic rings. The van der Waals surface area contributed by atoms with Crippen molar-refractivity contribution in [1.29, 1.82) is 0 Å². The number of hydrogen-bond acceptors (Lipinski definition) is 4. The summed E-state index contributed by atoms with van der Waals surface area (Å²) < 4.78 is 26.7. The van der Waals surface area contributed by atoms with E-state index in [0.717, 1.165) is 11.1 Å². The molecule has 0 aliphatic carbocycles. The number of sulfonamides is 1. The van der Waals surface area contributed by atoms with E-state index in [0.29, 0.717) is 19.6 Å². The second-order valence-electron chi connectivity index (χ2n) is 4.59. The van der Waals surface area contributed by atoms with Gasteiger partial charge in [0.05, 0.1) is 0 Å². The van der Waals surface area contributed by atoms with Crippen molar-refractivity contribution in [3.8, 4) is 0 Å². The van der Waals surface area contributed by atoms with Crippen LogP contribution in [0.5, 0.6) is 0 Å². The van der Waals surface area contributed by atoms with E-state index in [4.69, 9.17) is 5.73 Å². The molecule has 1 aromatic heterocycles. The van der Waals surface area contributed by atoms with Gasteiger partial charge in [-0.3, -0.25) is 4.98 Å². The molecule has 1 heterocycles. The maximum atomic E-state index is 12.6. The van der Waals surface area contributed by atoms with E-state index in [1.807, 2.05) is 31.2 Å². The van der Waals surface area contributed by atoms with Gasteiger partial charge in [0, 0.05) is 32.0 Å². The molecule has 0 amide bonds. The van der Waals surface area contributed by atoms with Crippen molar-refractivity contribution in [1.82, 2.24) is 9.29 Å². The molecular formula is C15H19N3O2S. The van der Waals surface area contributed by atoms with Gasteiger partial charge < -0.3 is 5.73 Å². The molecule has 0 radical (unpaired) electrons. The fraction of sp³-hybridized carbons (Fsp3) is 0.267. The van der Waals surface area contributed by atoms with Gasteiger partial charge in [0.25, 0.3) is 0 Å². The van der Waals surface area contributed by atoms with Crippen LogP contribution in [0, 0.1) is 0 Å². The summed E-state index contributed by atoms with van der Waals surface area (Å²) in [5.74, 6) is 0. The van der Waals surface area contributed by atoms with Crippen molar-refractivity contribution >= 4 is 10.0 Å². The topological polar surface area (TPSA) is 76.3 Å². The van der Waals surface area contributed by atoms with Gasteiger partial charge in [0.15, 0.2) is 0 Å². The van der Waals surface area contributed by atoms with E-state index < -0.39 is 10.0 Å². The summed E-state index contributed by atoms with van der Waals surface area (Å²) in [4.78, 5) is 4.09. The predicted octanol–water partition coefficient (Wildman–Crippen LogP) is 1.75. The number of rotatable bonds is 6. The Bertz CT molecular complexity index is 687. The van der Waals surface area contributed by atoms with Crippen LogP contribution in [-0.4, -0.2) is 24.3 Å². The molecule has 2 N–H and O–H groups in total. The molecule has 112 valence electrons. The summed E-state index contributed by atoms with van der Waals surface area (Å²) in [6.07, 6.45) is 2.92. The first-order valence-corrected chi connectivity index (χ1v) is 8.20. The standard InChI is InChI=1S/C15H19N3O2S/c1-2-18(12-14-7-4-3-6-13(14)10-16)21(19,20)15-8-5-9-17-11-15/h3-9,11H,2,10,12,16H2,1H3. The molecule has 1 aromatic carbocycles. The zero-order chi connectivity index (χ0) is 15.3. The molecule has 0 atom stereocenters. The monoisotopic (exact) mass is 305 g/mol. The van der Waals surface area contributed by atoms with Crippen LogP contribution in [0.15, 0.2) is 53.7 Å². The summed E-state index contributed by atoms with van der Waals surface area (Å²) in [7, 11) is -3.54. The van der Waals surface area contributed by atoms with E-state index in [-0.39, 0.29) is 4.90 Å². The highest BCUT2D eigenvalue weighted by Crippen LogP contribution is 2.19. The van der Waals surface area contributed by atoms with Crippen molar-refractivity contribution in [2.24, 2.45) is 5.73 Å². The van der Waals surface area contributed by atoms with Crippen LogP contribution in [0.3, 0.4) is 0 Å². The molecule has 6 heteroatoms. The van der Waals surface area contributed by atoms with Crippen molar-refractivity contribution in [2.45, 2.75) is 24.9 Å². The minimum atomic E-state index is -3.54. The highest BCUT2D eigenvalue weighted by molar-refractivity contribution is 7.89. The first-order valence-electron chi connectivity index (χ1n) is 6.76. The Kier molecular flexibility index (Phi) is 5.06. The van der Waals surface area contributed by atoms with Crippen molar-refractivity contribution in [2.75, 3.05) is 6.54 Å². The number of nitrogens with zero attached hydrogens (tertiary/aromatic N) is 2. The van der Waals surface area contributed by atoms with Gasteiger partial charge in [-0.2, -0.15) is 4.31 Å². The van der Waals surface area contributed by atoms with Crippen LogP contribution in [-0.2, 0) is 23.1 Å². The lowest BCUT2D eigenvalue weighted by Gasteiger charge is -2.21. The van der Waals surface area contributed by atoms with Crippen LogP contribution in [0.2, 0.25) is 0 Å². The smallest absolute Gasteiger partial charge is 0.244 e. The second kappa shape index (κ2) is 6.80. The molecule has 5 nitrogen and oxygen atoms in total. The summed E-state index contributed by atoms with van der Waals surface area (Å²) in [6, 6.07) is 10.8. The van der Waals surface area contributed by atoms with E-state index in [1.165, 1.54) is 10.5 Å². The Balaban J connectivity index is 2.32. The molecular weight excluding hydrogens is 286 g/mol. The van der Waals surface area contributed by atoms with Crippen molar-refractivity contribution in [3.05, 3.63) is 59.9 Å². The van der Waals surface area contributed by atoms with E-state index in [9.17, 15) is 8.42 Å². The lowest BCUT2D eigenvalue weighted by atomic mass is 10.1. The molecule has 0 bridgehead atoms. The second-order valence-corrected chi connectivity index (χ2v) is 6.53. The molecule has 2 rings (SSSR count). The molecule has 0 fully saturated rings. The predicted molar refractivity (Wildman–Crippen MR) is 81.8 cm³/mol. The first kappa shape index (κ1) is 15.6. The van der Waals surface area contributed by atoms with Gasteiger partial charge in [-0.25, -0.2) is 8.42 Å². The van der Waals surface area contributed by atoms with Crippen molar-refractivity contribution < 1.29 is 8.42 Å². The quantitative estimate of drug-likeness (QED) is 0.882. The molecule has 0 unspecified atom stereocenters. The zero-order valence-corrected chi connectivity index (χ0v) is 12.8. The zero-order valence-electron chi connectivity index (χ0n) is 11.9. The molecule has 0 saturated carbocycles. The van der Waals surface area contributed by atoms with Gasteiger partial charge >= 0.3 is 0 Å². The number of hydrogen-bond donors (Lipinski definition) is 1. The molecule has 0 aliphatic rings. The van der Waals surface area contributed by atoms with Crippen LogP contribution in [0.25, 0.3) is 0 Å². The van der Waals surface area contributed by atoms with E-state index in [2.05, 4.69) is 4.98 Å². The number of benzene rings is 1. The van der Waals surface area contributed by atoms with Gasteiger partial charge in [0.1, 0.15) is 4.90 Å². The van der Waals surface area contributed by atoms with Gasteiger partial charge in [-0.1, -0.05) is 31.2 Å². The van der Waals surface area contributed by atoms with Gasteiger partial charge in [-0.05, 0) is 23.3 Å². The first-order chi connectivity index (χ1) is 10.1. The Morgan fingerprint density at radius 3 is 2.43 bits per heavy atom. The summed E-state index contributed by atoms with van der Waals surface area (Å²) >= 11 is 0. The normalized spacial score (nSPS) is 11.8. The highest BCUT2D eigenvalue weighted by Gasteiger charge is 2.23. The maximum Gasteiger partial charge on any atom is 0.244 e. The van der Waals surface area contributed by atoms with Crippen LogP contribution in [0.1, 0.15) is 18.1 Å². The lowest BCUT2D eigenvalue weighted by molar-refractivity contribution is 0.422. The molecule has 0 spiro atoms. The fourth-order valence-corrected chi connectivity index (χ4v) is 3.51. The van der Waals surface area contributed by atoms with E-state index in [1.54, 1.807) is 18.3 Å². The minimum absolute atomic E-state index is 0.206. The van der Waals surface area contributed by atoms with E-state index >= 15 is 0 Å². The summed E-state index contributed by atoms with van der Waals surface area (Å²) in [6.45, 7) is 2.90. The Morgan fingerprint density at radius 1 is 1.14 bits per heavy atom. The van der Waals surface area contributed by atoms with Gasteiger partial charge in [-0.15, -0.1) is 0 Å². The molecule has 0 aliphatic heterocycles. The third-order valence-corrected chi connectivity index (χ3v) is 5.21. The number of nitrogens with two attached hydrogens (primary N) is 1. The Hall–Kier alpha value is -1.76. The maximum absolute atomic E-state index is 12.6. The van der Waals surface area contributed by atoms with Crippen LogP contribution < -0.4 is 5.73 Å². The number of pyridine rings is 1. The van der Waals surface area contributed by atoms with Crippen LogP contribution >= 0.6 is 0 Å². The molecule has 21 heavy (non-hydrogen) atoms. The largest absolute Gasteiger partial charge is 0.326 e. The Morgan fingerprint density at radius 2 is 1.86 bits per heavy atom. The lowest BCUT2D eigenvalue weighted by Crippen LogP contribution is -2.31.